The molecule has 6 aromatic carbocycles. The Kier molecular flexibility index (Phi) is 9.06. The van der Waals surface area contributed by atoms with Crippen molar-refractivity contribution in [3.05, 3.63) is 187 Å². The standard InChI is InChI=1S/C58H53N7/c1-55(2)57(5,6)64(42-22-14-10-15-23-42)53(61-55)49-28-18-26-47(59-49)39-31-33-44-38(36-39)30-35-46-45-34-32-40(37-51(45)63(52(44)46)41-20-12-9-13-21-41)48-27-19-29-50(60-48)54-62-56(3,4)58(7,8)65(54)43-24-16-11-17-25-43/h9-37H,1-8H3. The fourth-order valence-electron chi connectivity index (χ4n) is 9.81. The number of benzene rings is 6. The number of anilines is 2. The molecule has 0 saturated carbocycles. The number of nitrogens with zero attached hydrogens (tertiary/aromatic N) is 7. The highest BCUT2D eigenvalue weighted by molar-refractivity contribution is 6.19. The van der Waals surface area contributed by atoms with E-state index in [0.717, 1.165) is 73.5 Å². The lowest BCUT2D eigenvalue weighted by Gasteiger charge is -2.41. The number of fused-ring (bicyclic) bond motifs is 5. The predicted molar refractivity (Wildman–Crippen MR) is 272 cm³/mol. The van der Waals surface area contributed by atoms with Crippen LogP contribution in [0, 0.1) is 0 Å². The molecule has 3 aromatic heterocycles. The Morgan fingerprint density at radius 3 is 1.31 bits per heavy atom. The number of pyridine rings is 2. The average Bonchev–Trinajstić information content (AvgIpc) is 3.83. The second-order valence-corrected chi connectivity index (χ2v) is 19.6. The minimum absolute atomic E-state index is 0.266. The van der Waals surface area contributed by atoms with Gasteiger partial charge in [-0.2, -0.15) is 0 Å². The molecule has 11 rings (SSSR count). The second kappa shape index (κ2) is 14.6. The van der Waals surface area contributed by atoms with Crippen LogP contribution < -0.4 is 9.80 Å². The van der Waals surface area contributed by atoms with Crippen LogP contribution in [0.4, 0.5) is 11.4 Å². The highest BCUT2D eigenvalue weighted by Gasteiger charge is 2.51. The van der Waals surface area contributed by atoms with E-state index in [2.05, 4.69) is 246 Å². The zero-order valence-electron chi connectivity index (χ0n) is 38.4. The third-order valence-corrected chi connectivity index (χ3v) is 14.6. The van der Waals surface area contributed by atoms with Crippen molar-refractivity contribution in [2.75, 3.05) is 9.80 Å². The molecule has 0 saturated heterocycles. The minimum Gasteiger partial charge on any atom is -0.317 e. The van der Waals surface area contributed by atoms with Gasteiger partial charge in [0.05, 0.1) is 44.6 Å². The lowest BCUT2D eigenvalue weighted by Crippen LogP contribution is -2.53. The molecule has 9 aromatic rings. The van der Waals surface area contributed by atoms with E-state index in [1.807, 2.05) is 0 Å². The van der Waals surface area contributed by atoms with Crippen LogP contribution >= 0.6 is 0 Å². The maximum absolute atomic E-state index is 5.35. The smallest absolute Gasteiger partial charge is 0.155 e. The van der Waals surface area contributed by atoms with Crippen molar-refractivity contribution < 1.29 is 0 Å². The molecule has 65 heavy (non-hydrogen) atoms. The SMILES string of the molecule is CC1(C)N=C(c2cccc(-c3ccc4c(ccc5c6ccc(-c7cccc(C8=NC(C)(C)C(C)(C)N8c8ccccc8)n7)cc6n(-c6ccccc6)c45)c3)n2)N(c2ccccc2)C1(C)C. The molecule has 0 fully saturated rings. The molecular weight excluding hydrogens is 795 g/mol. The van der Waals surface area contributed by atoms with Gasteiger partial charge in [-0.3, -0.25) is 9.98 Å². The largest absolute Gasteiger partial charge is 0.317 e. The molecule has 0 aliphatic carbocycles. The molecule has 0 radical (unpaired) electrons. The summed E-state index contributed by atoms with van der Waals surface area (Å²) in [7, 11) is 0. The molecule has 0 unspecified atom stereocenters. The lowest BCUT2D eigenvalue weighted by atomic mass is 9.83. The molecule has 0 N–H and O–H groups in total. The Bertz CT molecular complexity index is 3380. The zero-order valence-corrected chi connectivity index (χ0v) is 38.4. The van der Waals surface area contributed by atoms with E-state index in [9.17, 15) is 0 Å². The van der Waals surface area contributed by atoms with Crippen LogP contribution in [0.25, 0.3) is 60.8 Å². The molecule has 5 heterocycles. The first-order valence-corrected chi connectivity index (χ1v) is 22.7. The first-order valence-electron chi connectivity index (χ1n) is 22.7. The molecule has 0 atom stereocenters. The first-order chi connectivity index (χ1) is 31.2. The Labute approximate surface area is 381 Å². The van der Waals surface area contributed by atoms with Gasteiger partial charge in [0.1, 0.15) is 11.4 Å². The summed E-state index contributed by atoms with van der Waals surface area (Å²) in [6.07, 6.45) is 0. The summed E-state index contributed by atoms with van der Waals surface area (Å²) >= 11 is 0. The van der Waals surface area contributed by atoms with Crippen LogP contribution in [-0.4, -0.2) is 48.4 Å². The number of aliphatic imine (C=N–C) groups is 2. The summed E-state index contributed by atoms with van der Waals surface area (Å²) in [4.78, 5) is 26.0. The maximum atomic E-state index is 5.35. The normalized spacial score (nSPS) is 17.2. The molecule has 7 heteroatoms. The lowest BCUT2D eigenvalue weighted by molar-refractivity contribution is 0.338. The van der Waals surface area contributed by atoms with Crippen LogP contribution in [0.2, 0.25) is 0 Å². The quantitative estimate of drug-likeness (QED) is 0.160. The van der Waals surface area contributed by atoms with Crippen molar-refractivity contribution in [2.45, 2.75) is 77.5 Å². The number of para-hydroxylation sites is 3. The van der Waals surface area contributed by atoms with Crippen molar-refractivity contribution in [1.82, 2.24) is 14.5 Å². The summed E-state index contributed by atoms with van der Waals surface area (Å²) < 4.78 is 2.42. The summed E-state index contributed by atoms with van der Waals surface area (Å²) in [5.41, 5.74) is 10.0. The van der Waals surface area contributed by atoms with Crippen molar-refractivity contribution >= 4 is 55.6 Å². The molecule has 0 spiro atoms. The van der Waals surface area contributed by atoms with Crippen LogP contribution in [0.3, 0.4) is 0 Å². The first kappa shape index (κ1) is 40.4. The van der Waals surface area contributed by atoms with Gasteiger partial charge in [-0.1, -0.05) is 103 Å². The van der Waals surface area contributed by atoms with Crippen molar-refractivity contribution in [3.63, 3.8) is 0 Å². The number of amidine groups is 2. The Hall–Kier alpha value is -7.38. The summed E-state index contributed by atoms with van der Waals surface area (Å²) in [6.45, 7) is 17.9. The van der Waals surface area contributed by atoms with Crippen molar-refractivity contribution in [1.29, 1.82) is 0 Å². The van der Waals surface area contributed by atoms with Crippen LogP contribution in [-0.2, 0) is 0 Å². The van der Waals surface area contributed by atoms with Gasteiger partial charge >= 0.3 is 0 Å². The maximum Gasteiger partial charge on any atom is 0.155 e. The minimum atomic E-state index is -0.334. The summed E-state index contributed by atoms with van der Waals surface area (Å²) in [5.74, 6) is 1.77. The Morgan fingerprint density at radius 2 is 0.800 bits per heavy atom. The van der Waals surface area contributed by atoms with Crippen LogP contribution in [0.5, 0.6) is 0 Å². The fourth-order valence-corrected chi connectivity index (χ4v) is 9.81. The third kappa shape index (κ3) is 6.31. The number of hydrogen-bond acceptors (Lipinski definition) is 6. The molecular formula is C58H53N7. The topological polar surface area (TPSA) is 61.9 Å². The highest BCUT2D eigenvalue weighted by Crippen LogP contribution is 2.45. The van der Waals surface area contributed by atoms with Gasteiger partial charge in [0.15, 0.2) is 11.7 Å². The molecule has 0 bridgehead atoms. The molecule has 2 aliphatic heterocycles. The van der Waals surface area contributed by atoms with Gasteiger partial charge in [-0.15, -0.1) is 0 Å². The average molecular weight is 848 g/mol. The van der Waals surface area contributed by atoms with E-state index < -0.39 is 0 Å². The second-order valence-electron chi connectivity index (χ2n) is 19.6. The number of hydrogen-bond donors (Lipinski definition) is 0. The van der Waals surface area contributed by atoms with Gasteiger partial charge in [-0.25, -0.2) is 9.97 Å². The highest BCUT2D eigenvalue weighted by atomic mass is 15.4. The van der Waals surface area contributed by atoms with Crippen LogP contribution in [0.15, 0.2) is 186 Å². The van der Waals surface area contributed by atoms with E-state index in [4.69, 9.17) is 20.0 Å². The van der Waals surface area contributed by atoms with Gasteiger partial charge in [0.25, 0.3) is 0 Å². The number of rotatable bonds is 7. The van der Waals surface area contributed by atoms with Gasteiger partial charge in [0, 0.05) is 44.3 Å². The monoisotopic (exact) mass is 847 g/mol. The Morgan fingerprint density at radius 1 is 0.369 bits per heavy atom. The van der Waals surface area contributed by atoms with Crippen molar-refractivity contribution in [3.8, 4) is 28.2 Å². The van der Waals surface area contributed by atoms with E-state index >= 15 is 0 Å². The molecule has 320 valence electrons. The van der Waals surface area contributed by atoms with E-state index in [0.29, 0.717) is 0 Å². The van der Waals surface area contributed by atoms with Gasteiger partial charge < -0.3 is 14.4 Å². The molecule has 2 aliphatic rings. The number of aromatic nitrogens is 3. The summed E-state index contributed by atoms with van der Waals surface area (Å²) in [5, 5.41) is 4.71. The van der Waals surface area contributed by atoms with E-state index in [1.54, 1.807) is 0 Å². The van der Waals surface area contributed by atoms with E-state index in [1.165, 1.54) is 21.7 Å². The molecule has 7 nitrogen and oxygen atoms in total. The predicted octanol–water partition coefficient (Wildman–Crippen LogP) is 13.7. The third-order valence-electron chi connectivity index (χ3n) is 14.6. The van der Waals surface area contributed by atoms with Gasteiger partial charge in [-0.05, 0) is 134 Å². The zero-order chi connectivity index (χ0) is 44.9. The van der Waals surface area contributed by atoms with Gasteiger partial charge in [0.2, 0.25) is 0 Å². The fraction of sp³-hybridized carbons (Fsp3) is 0.207. The molecule has 0 amide bonds. The van der Waals surface area contributed by atoms with Crippen LogP contribution in [0.1, 0.15) is 66.8 Å². The Balaban J connectivity index is 1.02. The van der Waals surface area contributed by atoms with E-state index in [-0.39, 0.29) is 22.2 Å². The summed E-state index contributed by atoms with van der Waals surface area (Å²) in [6, 6.07) is 62.5. The van der Waals surface area contributed by atoms with Crippen molar-refractivity contribution in [2.24, 2.45) is 9.98 Å².